The fourth-order valence-electron chi connectivity index (χ4n) is 2.03. The molecule has 20 heavy (non-hydrogen) atoms. The zero-order valence-corrected chi connectivity index (χ0v) is 10.9. The van der Waals surface area contributed by atoms with Gasteiger partial charge in [-0.2, -0.15) is 0 Å². The Hall–Kier alpha value is -2.16. The van der Waals surface area contributed by atoms with Gasteiger partial charge in [0, 0.05) is 6.54 Å². The minimum Gasteiger partial charge on any atom is -0.480 e. The van der Waals surface area contributed by atoms with Crippen molar-refractivity contribution < 1.29 is 24.3 Å². The summed E-state index contributed by atoms with van der Waals surface area (Å²) in [4.78, 5) is 46.1. The van der Waals surface area contributed by atoms with Gasteiger partial charge in [0.15, 0.2) is 0 Å². The van der Waals surface area contributed by atoms with Crippen molar-refractivity contribution in [3.8, 4) is 0 Å². The smallest absolute Gasteiger partial charge is 0.326 e. The summed E-state index contributed by atoms with van der Waals surface area (Å²) in [6, 6.07) is -1.96. The Kier molecular flexibility index (Phi) is 5.44. The topological polar surface area (TPSA) is 156 Å². The number of hydrogen-bond acceptors (Lipinski definition) is 5. The predicted octanol–water partition coefficient (Wildman–Crippen LogP) is -2.62. The largest absolute Gasteiger partial charge is 0.480 e. The van der Waals surface area contributed by atoms with Crippen LogP contribution in [0.5, 0.6) is 0 Å². The van der Waals surface area contributed by atoms with Gasteiger partial charge in [-0.1, -0.05) is 0 Å². The van der Waals surface area contributed by atoms with E-state index in [4.69, 9.17) is 16.6 Å². The molecule has 3 amide bonds. The zero-order valence-electron chi connectivity index (χ0n) is 10.9. The summed E-state index contributed by atoms with van der Waals surface area (Å²) in [5.74, 6) is -2.95. The van der Waals surface area contributed by atoms with E-state index in [0.29, 0.717) is 19.4 Å². The van der Waals surface area contributed by atoms with E-state index in [9.17, 15) is 19.2 Å². The van der Waals surface area contributed by atoms with Crippen molar-refractivity contribution in [1.82, 2.24) is 10.2 Å². The van der Waals surface area contributed by atoms with Crippen molar-refractivity contribution in [3.63, 3.8) is 0 Å². The third kappa shape index (κ3) is 4.19. The van der Waals surface area contributed by atoms with Crippen LogP contribution in [0.15, 0.2) is 0 Å². The van der Waals surface area contributed by atoms with E-state index < -0.39 is 35.8 Å². The second kappa shape index (κ2) is 6.85. The fourth-order valence-corrected chi connectivity index (χ4v) is 2.03. The van der Waals surface area contributed by atoms with Gasteiger partial charge in [-0.3, -0.25) is 14.4 Å². The van der Waals surface area contributed by atoms with Crippen LogP contribution in [0, 0.1) is 0 Å². The molecule has 0 spiro atoms. The van der Waals surface area contributed by atoms with Crippen molar-refractivity contribution in [2.24, 2.45) is 11.5 Å². The van der Waals surface area contributed by atoms with Crippen LogP contribution in [-0.2, 0) is 19.2 Å². The molecular formula is C11H18N4O5. The molecule has 6 N–H and O–H groups in total. The van der Waals surface area contributed by atoms with E-state index in [2.05, 4.69) is 5.32 Å². The van der Waals surface area contributed by atoms with Crippen molar-refractivity contribution in [3.05, 3.63) is 0 Å². The number of carbonyl (C=O) groups is 4. The Balaban J connectivity index is 2.45. The van der Waals surface area contributed by atoms with Gasteiger partial charge in [0.2, 0.25) is 17.7 Å². The van der Waals surface area contributed by atoms with Gasteiger partial charge in [-0.25, -0.2) is 4.79 Å². The maximum atomic E-state index is 11.8. The molecule has 1 heterocycles. The standard InChI is InChI=1S/C11H18N4O5/c12-6(4-8(13)16)10(18)14-5-9(17)15-3-1-2-7(15)11(19)20/h6-7H,1-5,12H2,(H2,13,16)(H,14,18)(H,19,20). The van der Waals surface area contributed by atoms with E-state index in [1.165, 1.54) is 4.90 Å². The maximum absolute atomic E-state index is 11.8. The summed E-state index contributed by atoms with van der Waals surface area (Å²) in [6.07, 6.45) is 0.690. The van der Waals surface area contributed by atoms with Crippen molar-refractivity contribution in [1.29, 1.82) is 0 Å². The number of carboxylic acid groups (broad SMARTS) is 1. The summed E-state index contributed by atoms with van der Waals surface area (Å²) in [5, 5.41) is 11.2. The van der Waals surface area contributed by atoms with Crippen LogP contribution in [0.25, 0.3) is 0 Å². The first-order valence-electron chi connectivity index (χ1n) is 6.16. The minimum absolute atomic E-state index is 0.318. The molecule has 1 aliphatic heterocycles. The molecule has 0 radical (unpaired) electrons. The lowest BCUT2D eigenvalue weighted by Gasteiger charge is -2.21. The van der Waals surface area contributed by atoms with Gasteiger partial charge in [-0.05, 0) is 12.8 Å². The van der Waals surface area contributed by atoms with E-state index in [1.54, 1.807) is 0 Å². The first-order chi connectivity index (χ1) is 9.32. The number of nitrogens with zero attached hydrogens (tertiary/aromatic N) is 1. The molecule has 1 rings (SSSR count). The van der Waals surface area contributed by atoms with Crippen molar-refractivity contribution in [2.75, 3.05) is 13.1 Å². The quantitative estimate of drug-likeness (QED) is 0.419. The summed E-state index contributed by atoms with van der Waals surface area (Å²) < 4.78 is 0. The maximum Gasteiger partial charge on any atom is 0.326 e. The van der Waals surface area contributed by atoms with Gasteiger partial charge in [0.05, 0.1) is 19.0 Å². The molecule has 0 saturated carbocycles. The number of nitrogens with one attached hydrogen (secondary N) is 1. The molecular weight excluding hydrogens is 268 g/mol. The zero-order chi connectivity index (χ0) is 15.3. The van der Waals surface area contributed by atoms with Gasteiger partial charge in [0.1, 0.15) is 6.04 Å². The highest BCUT2D eigenvalue weighted by Crippen LogP contribution is 2.17. The number of carbonyl (C=O) groups excluding carboxylic acids is 3. The summed E-state index contributed by atoms with van der Waals surface area (Å²) in [7, 11) is 0. The molecule has 1 aliphatic rings. The van der Waals surface area contributed by atoms with Crippen molar-refractivity contribution in [2.45, 2.75) is 31.3 Å². The molecule has 0 aromatic carbocycles. The average Bonchev–Trinajstić information content (AvgIpc) is 2.83. The summed E-state index contributed by atoms with van der Waals surface area (Å²) in [5.41, 5.74) is 10.3. The molecule has 1 fully saturated rings. The lowest BCUT2D eigenvalue weighted by molar-refractivity contribution is -0.148. The Morgan fingerprint density at radius 2 is 2.00 bits per heavy atom. The first-order valence-corrected chi connectivity index (χ1v) is 6.16. The second-order valence-electron chi connectivity index (χ2n) is 4.58. The molecule has 0 aliphatic carbocycles. The Labute approximate surface area is 115 Å². The van der Waals surface area contributed by atoms with Crippen molar-refractivity contribution >= 4 is 23.7 Å². The first kappa shape index (κ1) is 15.9. The number of carboxylic acids is 1. The van der Waals surface area contributed by atoms with Gasteiger partial charge < -0.3 is 26.8 Å². The number of hydrogen-bond donors (Lipinski definition) is 4. The lowest BCUT2D eigenvalue weighted by Crippen LogP contribution is -2.49. The summed E-state index contributed by atoms with van der Waals surface area (Å²) >= 11 is 0. The van der Waals surface area contributed by atoms with Crippen LogP contribution < -0.4 is 16.8 Å². The number of likely N-dealkylation sites (tertiary alicyclic amines) is 1. The second-order valence-corrected chi connectivity index (χ2v) is 4.58. The lowest BCUT2D eigenvalue weighted by atomic mass is 10.2. The normalized spacial score (nSPS) is 19.4. The average molecular weight is 286 g/mol. The van der Waals surface area contributed by atoms with Crippen LogP contribution in [0.4, 0.5) is 0 Å². The minimum atomic E-state index is -1.12. The molecule has 2 atom stereocenters. The Morgan fingerprint density at radius 3 is 2.55 bits per heavy atom. The molecule has 0 bridgehead atoms. The van der Waals surface area contributed by atoms with E-state index in [-0.39, 0.29) is 13.0 Å². The molecule has 112 valence electrons. The predicted molar refractivity (Wildman–Crippen MR) is 67.2 cm³/mol. The number of rotatable bonds is 6. The highest BCUT2D eigenvalue weighted by atomic mass is 16.4. The van der Waals surface area contributed by atoms with E-state index in [1.807, 2.05) is 0 Å². The molecule has 0 aromatic heterocycles. The molecule has 2 unspecified atom stereocenters. The molecule has 9 nitrogen and oxygen atoms in total. The van der Waals surface area contributed by atoms with E-state index in [0.717, 1.165) is 0 Å². The van der Waals surface area contributed by atoms with Gasteiger partial charge >= 0.3 is 5.97 Å². The van der Waals surface area contributed by atoms with Crippen LogP contribution in [0.2, 0.25) is 0 Å². The highest BCUT2D eigenvalue weighted by molar-refractivity contribution is 5.91. The van der Waals surface area contributed by atoms with Crippen LogP contribution in [0.1, 0.15) is 19.3 Å². The third-order valence-corrected chi connectivity index (χ3v) is 3.03. The Morgan fingerprint density at radius 1 is 1.35 bits per heavy atom. The monoisotopic (exact) mass is 286 g/mol. The molecule has 1 saturated heterocycles. The van der Waals surface area contributed by atoms with Crippen LogP contribution in [0.3, 0.4) is 0 Å². The SMILES string of the molecule is NC(=O)CC(N)C(=O)NCC(=O)N1CCCC1C(=O)O. The fraction of sp³-hybridized carbons (Fsp3) is 0.636. The van der Waals surface area contributed by atoms with Gasteiger partial charge in [0.25, 0.3) is 0 Å². The molecule has 9 heteroatoms. The van der Waals surface area contributed by atoms with Crippen LogP contribution >= 0.6 is 0 Å². The number of primary amides is 1. The highest BCUT2D eigenvalue weighted by Gasteiger charge is 2.33. The number of aliphatic carboxylic acids is 1. The Bertz CT molecular complexity index is 425. The van der Waals surface area contributed by atoms with Crippen LogP contribution in [-0.4, -0.2) is 58.9 Å². The summed E-state index contributed by atoms with van der Waals surface area (Å²) in [6.45, 7) is -0.00587. The third-order valence-electron chi connectivity index (χ3n) is 3.03. The van der Waals surface area contributed by atoms with Gasteiger partial charge in [-0.15, -0.1) is 0 Å². The number of nitrogens with two attached hydrogens (primary N) is 2. The van der Waals surface area contributed by atoms with E-state index >= 15 is 0 Å². The molecule has 0 aromatic rings. The number of amides is 3.